The SMILES string of the molecule is CC1=CCC=C1CCN(C)c1nc(N)nc(N)n1.CC1=CCC=C1CCN(C)c1nc(N)nc(N)n1.CC1=CCC=C1CCNc1nc(N)nc(N(C)C)n1.CC1=CCC=C1CCNc1nc(N)nc(N(C)C)n1.CC1=CCC=C1CCNc1nc(N)nc(N)n1.Cc1occc1CCN(C)c1nc(N)nc(N)n1.Cc1occc1CCNc1nc(N)nc(N(C)C)n1.Cc1occc1CCNc1nc(N)nc(N)n1. The summed E-state index contributed by atoms with van der Waals surface area (Å²) in [7, 11) is 16.9. The molecule has 11 aromatic rings. The molecule has 0 aromatic carbocycles. The largest absolute Gasteiger partial charge is 0.469 e. The highest BCUT2D eigenvalue weighted by Gasteiger charge is 2.19. The smallest absolute Gasteiger partial charge is 0.231 e. The van der Waals surface area contributed by atoms with E-state index in [2.05, 4.69) is 242 Å². The molecule has 0 saturated heterocycles. The van der Waals surface area contributed by atoms with Crippen LogP contribution in [0.1, 0.15) is 133 Å². The van der Waals surface area contributed by atoms with Crippen LogP contribution in [-0.2, 0) is 19.3 Å². The standard InChI is InChI=1S/2C13H20N6.C12H18N6O.2C12H18N6.C11H16N6O.C11H16N6.C10H14N6O/c2*1-9-5-4-6-10(9)7-8-15-12-16-11(14)17-13(18-12)19(2)3;1-8-9(5-7-19-8)4-6-14-11-15-10(13)16-12(17-11)18(2)3;2*1-8-4-3-5-9(8)6-7-18(2)12-16-10(13)15-11(14)17-12;1-7-8(4-6-18-7)3-5-17(2)11-15-9(12)14-10(13)16-11;1-7-3-2-4-8(7)5-6-14-11-16-9(12)15-10(13)17-11;1-6-7(3-5-17-6)2-4-13-10-15-8(11)14-9(12)16-10/h2*5-6H,4,7-8H2,1-3H3,(H3,14,15,16,17,18);5,7H,4,6H2,1-3H3,(H3,13,14,15,16,17);2*4-5H,3,6-7H2,1-2H3,(H4,13,14,15,16,17);4,6H,3,5H2,1-2H3,(H4,12,13,14,15,16);3-4H,2,5-6H2,1H3,(H5,12,13,14,15,16,17);3,5H,2,4H2,1H3,(H5,11,12,13,14,15,16). The first-order valence-electron chi connectivity index (χ1n) is 46.8. The number of nitrogens with zero attached hydrogens (tertiary/aromatic N) is 30. The molecule has 11 heterocycles. The molecule has 5 aliphatic carbocycles. The number of allylic oxidation sites excluding steroid dienone is 15. The predicted molar refractivity (Wildman–Crippen MR) is 578 cm³/mol. The van der Waals surface area contributed by atoms with Gasteiger partial charge in [0.15, 0.2) is 0 Å². The molecule has 0 amide bonds. The van der Waals surface area contributed by atoms with Crippen molar-refractivity contribution in [1.29, 1.82) is 0 Å². The van der Waals surface area contributed by atoms with E-state index < -0.39 is 0 Å². The molecule has 0 atom stereocenters. The molecule has 16 rings (SSSR count). The fourth-order valence-corrected chi connectivity index (χ4v) is 14.2. The normalized spacial score (nSPS) is 12.8. The summed E-state index contributed by atoms with van der Waals surface area (Å²) in [6.07, 6.45) is 39.9. The Morgan fingerprint density at radius 3 is 0.614 bits per heavy atom. The zero-order chi connectivity index (χ0) is 105. The molecular formula is C94H140N48O3. The molecule has 774 valence electrons. The van der Waals surface area contributed by atoms with E-state index in [0.717, 1.165) is 151 Å². The third-order valence-electron chi connectivity index (χ3n) is 22.4. The van der Waals surface area contributed by atoms with E-state index >= 15 is 0 Å². The molecule has 0 aliphatic heterocycles. The minimum atomic E-state index is 0.111. The maximum atomic E-state index is 5.66. The molecule has 11 aromatic heterocycles. The van der Waals surface area contributed by atoms with Gasteiger partial charge in [0.2, 0.25) is 143 Å². The summed E-state index contributed by atoms with van der Waals surface area (Å²) in [5.41, 5.74) is 89.3. The first kappa shape index (κ1) is 111. The van der Waals surface area contributed by atoms with Crippen LogP contribution in [0.5, 0.6) is 0 Å². The summed E-state index contributed by atoms with van der Waals surface area (Å²) in [5, 5.41) is 15.6. The summed E-state index contributed by atoms with van der Waals surface area (Å²) in [5.74, 6) is 10.3. The second-order valence-corrected chi connectivity index (χ2v) is 34.1. The first-order valence-corrected chi connectivity index (χ1v) is 46.8. The van der Waals surface area contributed by atoms with Gasteiger partial charge in [-0.25, -0.2) is 0 Å². The van der Waals surface area contributed by atoms with Gasteiger partial charge < -0.3 is 144 Å². The molecule has 5 aliphatic rings. The lowest BCUT2D eigenvalue weighted by Gasteiger charge is -2.17. The van der Waals surface area contributed by atoms with Gasteiger partial charge in [0.25, 0.3) is 0 Å². The lowest BCUT2D eigenvalue weighted by Crippen LogP contribution is -2.24. The quantitative estimate of drug-likeness (QED) is 0.0176. The van der Waals surface area contributed by atoms with Crippen molar-refractivity contribution in [3.63, 3.8) is 0 Å². The van der Waals surface area contributed by atoms with Gasteiger partial charge in [-0.2, -0.15) is 120 Å². The third-order valence-corrected chi connectivity index (χ3v) is 22.4. The molecule has 0 unspecified atom stereocenters. The molecule has 0 saturated carbocycles. The molecule has 51 heteroatoms. The van der Waals surface area contributed by atoms with E-state index in [1.165, 1.54) is 61.3 Å². The van der Waals surface area contributed by atoms with Crippen molar-refractivity contribution < 1.29 is 13.3 Å². The zero-order valence-electron chi connectivity index (χ0n) is 85.7. The van der Waals surface area contributed by atoms with Gasteiger partial charge in [-0.15, -0.1) is 0 Å². The number of furan rings is 3. The monoisotopic (exact) mass is 1990 g/mol. The number of likely N-dealkylation sites (N-methyl/N-ethyl adjacent to an activating group) is 1. The van der Waals surface area contributed by atoms with E-state index in [4.69, 9.17) is 87.8 Å². The van der Waals surface area contributed by atoms with Gasteiger partial charge >= 0.3 is 0 Å². The van der Waals surface area contributed by atoms with Crippen LogP contribution in [0.4, 0.5) is 143 Å². The molecule has 51 nitrogen and oxygen atoms in total. The number of hydrogen-bond donors (Lipinski definition) is 18. The van der Waals surface area contributed by atoms with Crippen molar-refractivity contribution in [2.24, 2.45) is 0 Å². The van der Waals surface area contributed by atoms with Gasteiger partial charge in [0.05, 0.1) is 18.8 Å². The Morgan fingerprint density at radius 1 is 0.221 bits per heavy atom. The van der Waals surface area contributed by atoms with Crippen molar-refractivity contribution in [3.05, 3.63) is 187 Å². The lowest BCUT2D eigenvalue weighted by molar-refractivity contribution is 0.529. The van der Waals surface area contributed by atoms with Crippen LogP contribution in [0.15, 0.2) is 167 Å². The van der Waals surface area contributed by atoms with Crippen molar-refractivity contribution in [3.8, 4) is 0 Å². The first-order chi connectivity index (χ1) is 69.1. The Bertz CT molecular complexity index is 6110. The number of aryl methyl sites for hydroxylation is 3. The van der Waals surface area contributed by atoms with E-state index in [1.807, 2.05) is 117 Å². The van der Waals surface area contributed by atoms with Crippen LogP contribution in [0.3, 0.4) is 0 Å². The minimum Gasteiger partial charge on any atom is -0.469 e. The van der Waals surface area contributed by atoms with Crippen molar-refractivity contribution in [1.82, 2.24) is 120 Å². The number of nitrogen functional groups attached to an aromatic ring is 13. The van der Waals surface area contributed by atoms with Crippen LogP contribution in [-0.4, -0.2) is 235 Å². The number of aromatic nitrogens is 24. The summed E-state index contributed by atoms with van der Waals surface area (Å²) in [6.45, 7) is 22.6. The van der Waals surface area contributed by atoms with E-state index in [1.54, 1.807) is 33.5 Å². The number of hydrogen-bond acceptors (Lipinski definition) is 51. The fourth-order valence-electron chi connectivity index (χ4n) is 14.2. The average molecular weight is 1990 g/mol. The summed E-state index contributed by atoms with van der Waals surface area (Å²) < 4.78 is 15.7. The van der Waals surface area contributed by atoms with Crippen molar-refractivity contribution in [2.75, 3.05) is 246 Å². The van der Waals surface area contributed by atoms with Crippen LogP contribution in [0.25, 0.3) is 0 Å². The second-order valence-electron chi connectivity index (χ2n) is 34.1. The summed E-state index contributed by atoms with van der Waals surface area (Å²) in [4.78, 5) is 107. The van der Waals surface area contributed by atoms with Gasteiger partial charge in [-0.1, -0.05) is 88.6 Å². The van der Waals surface area contributed by atoms with E-state index in [9.17, 15) is 0 Å². The fraction of sp³-hybridized carbons (Fsp3) is 0.404. The topological polar surface area (TPSA) is 767 Å². The summed E-state index contributed by atoms with van der Waals surface area (Å²) >= 11 is 0. The number of anilines is 24. The molecule has 0 radical (unpaired) electrons. The molecule has 0 fully saturated rings. The van der Waals surface area contributed by atoms with Crippen LogP contribution < -0.4 is 131 Å². The summed E-state index contributed by atoms with van der Waals surface area (Å²) in [6, 6.07) is 5.86. The minimum absolute atomic E-state index is 0.111. The number of rotatable bonds is 35. The van der Waals surface area contributed by atoms with Crippen molar-refractivity contribution in [2.45, 2.75) is 139 Å². The van der Waals surface area contributed by atoms with Crippen molar-refractivity contribution >= 4 is 143 Å². The van der Waals surface area contributed by atoms with Gasteiger partial charge in [-0.3, -0.25) is 0 Å². The average Bonchev–Trinajstić information content (AvgIpc) is 1.84. The van der Waals surface area contributed by atoms with Crippen LogP contribution in [0, 0.1) is 20.8 Å². The van der Waals surface area contributed by atoms with Gasteiger partial charge in [0, 0.05) is 116 Å². The van der Waals surface area contributed by atoms with E-state index in [-0.39, 0.29) is 77.3 Å². The predicted octanol–water partition coefficient (Wildman–Crippen LogP) is 8.87. The van der Waals surface area contributed by atoms with Crippen LogP contribution in [0.2, 0.25) is 0 Å². The Balaban J connectivity index is 0.000000185. The Morgan fingerprint density at radius 2 is 0.407 bits per heavy atom. The highest BCUT2D eigenvalue weighted by molar-refractivity contribution is 5.50. The molecule has 145 heavy (non-hydrogen) atoms. The Kier molecular flexibility index (Phi) is 42.5. The maximum absolute atomic E-state index is 5.66. The van der Waals surface area contributed by atoms with Crippen LogP contribution >= 0.6 is 0 Å². The molecule has 0 spiro atoms. The molecular weight excluding hydrogens is 1850 g/mol. The highest BCUT2D eigenvalue weighted by Crippen LogP contribution is 2.29. The Hall–Kier alpha value is -17.5. The van der Waals surface area contributed by atoms with Gasteiger partial charge in [-0.05, 0) is 202 Å². The lowest BCUT2D eigenvalue weighted by atomic mass is 10.1. The maximum Gasteiger partial charge on any atom is 0.231 e. The number of nitrogens with two attached hydrogens (primary N) is 13. The zero-order valence-corrected chi connectivity index (χ0v) is 85.7. The second kappa shape index (κ2) is 55.5. The molecule has 31 N–H and O–H groups in total. The van der Waals surface area contributed by atoms with E-state index in [0.29, 0.717) is 78.5 Å². The number of nitrogens with one attached hydrogen (secondary N) is 5. The van der Waals surface area contributed by atoms with Gasteiger partial charge in [0.1, 0.15) is 17.3 Å². The highest BCUT2D eigenvalue weighted by atomic mass is 16.3. The molecule has 0 bridgehead atoms. The Labute approximate surface area is 844 Å². The third kappa shape index (κ3) is 37.9.